The third-order valence-electron chi connectivity index (χ3n) is 6.11. The van der Waals surface area contributed by atoms with Crippen molar-refractivity contribution in [1.82, 2.24) is 9.80 Å². The Morgan fingerprint density at radius 1 is 0.905 bits per heavy atom. The summed E-state index contributed by atoms with van der Waals surface area (Å²) in [6.07, 6.45) is 10.2. The summed E-state index contributed by atoms with van der Waals surface area (Å²) >= 11 is 0. The van der Waals surface area contributed by atoms with E-state index in [1.807, 2.05) is 0 Å². The quantitative estimate of drug-likeness (QED) is 0.867. The molecule has 1 aliphatic carbocycles. The van der Waals surface area contributed by atoms with E-state index in [0.29, 0.717) is 6.04 Å². The van der Waals surface area contributed by atoms with Crippen LogP contribution in [0.25, 0.3) is 0 Å². The fourth-order valence-electron chi connectivity index (χ4n) is 4.67. The van der Waals surface area contributed by atoms with Crippen LogP contribution in [0.5, 0.6) is 0 Å². The lowest BCUT2D eigenvalue weighted by Gasteiger charge is -2.43. The molecule has 0 aromatic rings. The number of hydrogen-bond acceptors (Lipinski definition) is 3. The summed E-state index contributed by atoms with van der Waals surface area (Å²) in [6.45, 7) is 8.76. The van der Waals surface area contributed by atoms with Crippen molar-refractivity contribution in [3.05, 3.63) is 0 Å². The molecule has 3 heteroatoms. The fourth-order valence-corrected chi connectivity index (χ4v) is 4.67. The maximum atomic E-state index is 10.3. The zero-order valence-electron chi connectivity index (χ0n) is 13.8. The van der Waals surface area contributed by atoms with Crippen LogP contribution in [0.1, 0.15) is 58.3 Å². The van der Waals surface area contributed by atoms with Crippen molar-refractivity contribution in [3.8, 4) is 0 Å². The second-order valence-electron chi connectivity index (χ2n) is 7.91. The molecule has 1 saturated carbocycles. The molecule has 2 saturated heterocycles. The molecule has 0 aromatic carbocycles. The van der Waals surface area contributed by atoms with Crippen molar-refractivity contribution in [2.75, 3.05) is 32.7 Å². The highest BCUT2D eigenvalue weighted by molar-refractivity contribution is 4.87. The van der Waals surface area contributed by atoms with Gasteiger partial charge < -0.3 is 10.0 Å². The standard InChI is InChI=1S/C18H34N2O/c1-15-8-11-19(12-9-15)13-16-5-4-10-20(14-16)17-6-2-3-7-18(17)21/h15-18,21H,2-14H2,1H3. The Kier molecular flexibility index (Phi) is 5.58. The first-order valence-electron chi connectivity index (χ1n) is 9.37. The number of nitrogens with zero attached hydrogens (tertiary/aromatic N) is 2. The molecule has 2 aliphatic heterocycles. The molecule has 3 aliphatic rings. The molecule has 3 rings (SSSR count). The highest BCUT2D eigenvalue weighted by Gasteiger charge is 2.32. The molecule has 3 unspecified atom stereocenters. The van der Waals surface area contributed by atoms with Gasteiger partial charge in [-0.1, -0.05) is 19.8 Å². The number of hydrogen-bond donors (Lipinski definition) is 1. The van der Waals surface area contributed by atoms with Crippen molar-refractivity contribution in [3.63, 3.8) is 0 Å². The molecule has 3 nitrogen and oxygen atoms in total. The normalized spacial score (nSPS) is 37.7. The summed E-state index contributed by atoms with van der Waals surface area (Å²) in [5, 5.41) is 10.3. The van der Waals surface area contributed by atoms with E-state index in [2.05, 4.69) is 16.7 Å². The Hall–Kier alpha value is -0.120. The zero-order chi connectivity index (χ0) is 14.7. The molecule has 1 N–H and O–H groups in total. The van der Waals surface area contributed by atoms with E-state index in [1.165, 1.54) is 77.7 Å². The molecule has 3 fully saturated rings. The van der Waals surface area contributed by atoms with Crippen LogP contribution >= 0.6 is 0 Å². The minimum absolute atomic E-state index is 0.0617. The van der Waals surface area contributed by atoms with Gasteiger partial charge in [-0.2, -0.15) is 0 Å². The first-order chi connectivity index (χ1) is 10.2. The molecule has 0 bridgehead atoms. The van der Waals surface area contributed by atoms with E-state index in [0.717, 1.165) is 18.3 Å². The van der Waals surface area contributed by atoms with Gasteiger partial charge in [0.1, 0.15) is 0 Å². The average Bonchev–Trinajstić information content (AvgIpc) is 2.50. The van der Waals surface area contributed by atoms with Gasteiger partial charge >= 0.3 is 0 Å². The molecule has 2 heterocycles. The number of aliphatic hydroxyl groups excluding tert-OH is 1. The monoisotopic (exact) mass is 294 g/mol. The van der Waals surface area contributed by atoms with E-state index >= 15 is 0 Å². The number of likely N-dealkylation sites (tertiary alicyclic amines) is 2. The average molecular weight is 294 g/mol. The molecule has 0 amide bonds. The van der Waals surface area contributed by atoms with Crippen molar-refractivity contribution >= 4 is 0 Å². The third kappa shape index (κ3) is 4.20. The first kappa shape index (κ1) is 15.8. The van der Waals surface area contributed by atoms with Gasteiger partial charge in [-0.15, -0.1) is 0 Å². The van der Waals surface area contributed by atoms with Crippen LogP contribution in [-0.2, 0) is 0 Å². The molecule has 0 aromatic heterocycles. The Morgan fingerprint density at radius 2 is 1.67 bits per heavy atom. The molecule has 3 atom stereocenters. The summed E-state index contributed by atoms with van der Waals surface area (Å²) in [5.74, 6) is 1.77. The predicted molar refractivity (Wildman–Crippen MR) is 87.4 cm³/mol. The Bertz CT molecular complexity index is 314. The molecule has 0 radical (unpaired) electrons. The van der Waals surface area contributed by atoms with Crippen LogP contribution in [-0.4, -0.2) is 59.8 Å². The number of piperidine rings is 2. The minimum atomic E-state index is -0.0617. The molecule has 21 heavy (non-hydrogen) atoms. The van der Waals surface area contributed by atoms with Crippen molar-refractivity contribution in [2.24, 2.45) is 11.8 Å². The SMILES string of the molecule is CC1CCN(CC2CCCN(C3CCCCC3O)C2)CC1. The van der Waals surface area contributed by atoms with E-state index in [4.69, 9.17) is 0 Å². The summed E-state index contributed by atoms with van der Waals surface area (Å²) in [6, 6.07) is 0.461. The van der Waals surface area contributed by atoms with Gasteiger partial charge in [0, 0.05) is 19.1 Å². The van der Waals surface area contributed by atoms with Crippen molar-refractivity contribution < 1.29 is 5.11 Å². The van der Waals surface area contributed by atoms with E-state index in [1.54, 1.807) is 0 Å². The maximum absolute atomic E-state index is 10.3. The van der Waals surface area contributed by atoms with Gasteiger partial charge in [-0.25, -0.2) is 0 Å². The summed E-state index contributed by atoms with van der Waals surface area (Å²) < 4.78 is 0. The van der Waals surface area contributed by atoms with Gasteiger partial charge in [-0.3, -0.25) is 4.90 Å². The summed E-state index contributed by atoms with van der Waals surface area (Å²) in [4.78, 5) is 5.33. The highest BCUT2D eigenvalue weighted by atomic mass is 16.3. The van der Waals surface area contributed by atoms with Crippen LogP contribution in [0.4, 0.5) is 0 Å². The van der Waals surface area contributed by atoms with Crippen LogP contribution in [0.15, 0.2) is 0 Å². The molecule has 0 spiro atoms. The minimum Gasteiger partial charge on any atom is -0.391 e. The van der Waals surface area contributed by atoms with E-state index < -0.39 is 0 Å². The maximum Gasteiger partial charge on any atom is 0.0695 e. The Morgan fingerprint density at radius 3 is 2.43 bits per heavy atom. The van der Waals surface area contributed by atoms with Crippen LogP contribution in [0.2, 0.25) is 0 Å². The van der Waals surface area contributed by atoms with Gasteiger partial charge in [0.2, 0.25) is 0 Å². The topological polar surface area (TPSA) is 26.7 Å². The molecular weight excluding hydrogens is 260 g/mol. The molecule has 122 valence electrons. The largest absolute Gasteiger partial charge is 0.391 e. The van der Waals surface area contributed by atoms with Gasteiger partial charge in [-0.05, 0) is 70.0 Å². The lowest BCUT2D eigenvalue weighted by atomic mass is 9.88. The second-order valence-corrected chi connectivity index (χ2v) is 7.91. The second kappa shape index (κ2) is 7.43. The summed E-state index contributed by atoms with van der Waals surface area (Å²) in [7, 11) is 0. The first-order valence-corrected chi connectivity index (χ1v) is 9.37. The van der Waals surface area contributed by atoms with Crippen LogP contribution in [0.3, 0.4) is 0 Å². The van der Waals surface area contributed by atoms with Crippen LogP contribution in [0, 0.1) is 11.8 Å². The van der Waals surface area contributed by atoms with Gasteiger partial charge in [0.25, 0.3) is 0 Å². The zero-order valence-corrected chi connectivity index (χ0v) is 13.8. The highest BCUT2D eigenvalue weighted by Crippen LogP contribution is 2.28. The van der Waals surface area contributed by atoms with Gasteiger partial charge in [0.15, 0.2) is 0 Å². The van der Waals surface area contributed by atoms with Crippen molar-refractivity contribution in [1.29, 1.82) is 0 Å². The Labute approximate surface area is 130 Å². The number of aliphatic hydroxyl groups is 1. The molecular formula is C18H34N2O. The third-order valence-corrected chi connectivity index (χ3v) is 6.11. The smallest absolute Gasteiger partial charge is 0.0695 e. The lowest BCUT2D eigenvalue weighted by Crippen LogP contribution is -2.51. The fraction of sp³-hybridized carbons (Fsp3) is 1.00. The Balaban J connectivity index is 1.48. The lowest BCUT2D eigenvalue weighted by molar-refractivity contribution is -0.00500. The number of rotatable bonds is 3. The summed E-state index contributed by atoms with van der Waals surface area (Å²) in [5.41, 5.74) is 0. The van der Waals surface area contributed by atoms with E-state index in [9.17, 15) is 5.11 Å². The van der Waals surface area contributed by atoms with Crippen LogP contribution < -0.4 is 0 Å². The van der Waals surface area contributed by atoms with E-state index in [-0.39, 0.29) is 6.10 Å². The van der Waals surface area contributed by atoms with Gasteiger partial charge in [0.05, 0.1) is 6.10 Å². The van der Waals surface area contributed by atoms with Crippen molar-refractivity contribution in [2.45, 2.75) is 70.4 Å². The predicted octanol–water partition coefficient (Wildman–Crippen LogP) is 2.73.